The van der Waals surface area contributed by atoms with Crippen LogP contribution < -0.4 is 22.5 Å². The number of benzene rings is 2. The lowest BCUT2D eigenvalue weighted by atomic mass is 9.94. The SMILES string of the molecule is N=C(N)C(C=NC1CCC1)=C(N)OC(N)=NC1N=C(c2ccccc2)c2ccccc2NC1=O. The largest absolute Gasteiger partial charge is 0.409 e. The van der Waals surface area contributed by atoms with E-state index >= 15 is 0 Å². The van der Waals surface area contributed by atoms with Crippen molar-refractivity contribution in [3.8, 4) is 0 Å². The normalized spacial score (nSPS) is 19.3. The quantitative estimate of drug-likeness (QED) is 0.251. The highest BCUT2D eigenvalue weighted by Gasteiger charge is 2.26. The number of anilines is 1. The van der Waals surface area contributed by atoms with Crippen molar-refractivity contribution < 1.29 is 9.53 Å². The van der Waals surface area contributed by atoms with E-state index in [4.69, 9.17) is 27.3 Å². The van der Waals surface area contributed by atoms with Crippen LogP contribution in [-0.4, -0.2) is 41.9 Å². The van der Waals surface area contributed by atoms with Crippen LogP contribution in [0.4, 0.5) is 5.69 Å². The molecule has 1 unspecified atom stereocenters. The minimum absolute atomic E-state index is 0.0937. The fraction of sp³-hybridized carbons (Fsp3) is 0.208. The first-order valence-corrected chi connectivity index (χ1v) is 10.8. The highest BCUT2D eigenvalue weighted by molar-refractivity contribution is 6.19. The molecule has 10 heteroatoms. The summed E-state index contributed by atoms with van der Waals surface area (Å²) in [5, 5.41) is 10.6. The van der Waals surface area contributed by atoms with Crippen molar-refractivity contribution in [2.75, 3.05) is 5.32 Å². The smallest absolute Gasteiger partial charge is 0.291 e. The maximum absolute atomic E-state index is 12.9. The number of nitrogens with zero attached hydrogens (tertiary/aromatic N) is 3. The van der Waals surface area contributed by atoms with Crippen LogP contribution in [0, 0.1) is 5.41 Å². The van der Waals surface area contributed by atoms with Crippen LogP contribution in [0.3, 0.4) is 0 Å². The van der Waals surface area contributed by atoms with Crippen molar-refractivity contribution >= 4 is 35.4 Å². The van der Waals surface area contributed by atoms with Gasteiger partial charge in [0, 0.05) is 23.4 Å². The number of carbonyl (C=O) groups excluding carboxylic acids is 1. The Kier molecular flexibility index (Phi) is 6.67. The van der Waals surface area contributed by atoms with E-state index in [2.05, 4.69) is 20.3 Å². The molecule has 2 aliphatic rings. The minimum Gasteiger partial charge on any atom is -0.409 e. The summed E-state index contributed by atoms with van der Waals surface area (Å²) in [6.07, 6.45) is 3.26. The molecule has 0 aromatic heterocycles. The van der Waals surface area contributed by atoms with Crippen LogP contribution in [0.5, 0.6) is 0 Å². The molecule has 4 rings (SSSR count). The number of nitrogens with one attached hydrogen (secondary N) is 2. The molecule has 1 aliphatic carbocycles. The maximum Gasteiger partial charge on any atom is 0.291 e. The second-order valence-corrected chi connectivity index (χ2v) is 7.88. The zero-order valence-corrected chi connectivity index (χ0v) is 18.4. The van der Waals surface area contributed by atoms with Crippen LogP contribution in [0.1, 0.15) is 30.4 Å². The predicted octanol–water partition coefficient (Wildman–Crippen LogP) is 1.86. The molecule has 0 spiro atoms. The Morgan fingerprint density at radius 3 is 2.47 bits per heavy atom. The number of amidine groups is 2. The topological polar surface area (TPSA) is 177 Å². The molecule has 8 N–H and O–H groups in total. The average molecular weight is 459 g/mol. The molecule has 2 aromatic carbocycles. The van der Waals surface area contributed by atoms with Crippen molar-refractivity contribution in [3.63, 3.8) is 0 Å². The predicted molar refractivity (Wildman–Crippen MR) is 133 cm³/mol. The third-order valence-corrected chi connectivity index (χ3v) is 5.48. The molecule has 0 radical (unpaired) electrons. The number of para-hydroxylation sites is 1. The molecule has 0 bridgehead atoms. The first-order valence-electron chi connectivity index (χ1n) is 10.8. The van der Waals surface area contributed by atoms with Gasteiger partial charge in [-0.25, -0.2) is 4.99 Å². The zero-order chi connectivity index (χ0) is 24.1. The molecule has 1 saturated carbocycles. The van der Waals surface area contributed by atoms with Gasteiger partial charge in [-0.2, -0.15) is 4.99 Å². The highest BCUT2D eigenvalue weighted by atomic mass is 16.5. The number of carbonyl (C=O) groups is 1. The first kappa shape index (κ1) is 22.7. The van der Waals surface area contributed by atoms with Crippen LogP contribution in [0.2, 0.25) is 0 Å². The average Bonchev–Trinajstić information content (AvgIpc) is 2.92. The maximum atomic E-state index is 12.9. The van der Waals surface area contributed by atoms with Crippen molar-refractivity contribution in [3.05, 3.63) is 77.2 Å². The van der Waals surface area contributed by atoms with Gasteiger partial charge in [0.25, 0.3) is 11.9 Å². The molecule has 34 heavy (non-hydrogen) atoms. The monoisotopic (exact) mass is 458 g/mol. The van der Waals surface area contributed by atoms with E-state index in [0.29, 0.717) is 11.4 Å². The van der Waals surface area contributed by atoms with Crippen LogP contribution in [-0.2, 0) is 9.53 Å². The van der Waals surface area contributed by atoms with E-state index in [-0.39, 0.29) is 23.3 Å². The first-order chi connectivity index (χ1) is 16.4. The lowest BCUT2D eigenvalue weighted by Gasteiger charge is -2.20. The van der Waals surface area contributed by atoms with Gasteiger partial charge in [-0.1, -0.05) is 48.5 Å². The van der Waals surface area contributed by atoms with E-state index in [1.165, 1.54) is 6.21 Å². The molecule has 10 nitrogen and oxygen atoms in total. The summed E-state index contributed by atoms with van der Waals surface area (Å²) in [5.74, 6) is -1.03. The number of aliphatic imine (C=N–C) groups is 3. The molecular formula is C24H26N8O2. The zero-order valence-electron chi connectivity index (χ0n) is 18.4. The Morgan fingerprint density at radius 1 is 1.09 bits per heavy atom. The van der Waals surface area contributed by atoms with E-state index in [1.54, 1.807) is 6.07 Å². The fourth-order valence-corrected chi connectivity index (χ4v) is 3.46. The van der Waals surface area contributed by atoms with Gasteiger partial charge in [-0.15, -0.1) is 0 Å². The Hall–Kier alpha value is -4.47. The number of fused-ring (bicyclic) bond motifs is 1. The Balaban J connectivity index is 1.64. The number of rotatable bonds is 6. The van der Waals surface area contributed by atoms with Gasteiger partial charge in [0.05, 0.1) is 17.0 Å². The van der Waals surface area contributed by atoms with Gasteiger partial charge in [0.1, 0.15) is 5.84 Å². The molecule has 2 aromatic rings. The molecule has 1 aliphatic heterocycles. The summed E-state index contributed by atoms with van der Waals surface area (Å²) in [6, 6.07) is 16.6. The van der Waals surface area contributed by atoms with E-state index in [9.17, 15) is 4.79 Å². The molecule has 1 amide bonds. The lowest BCUT2D eigenvalue weighted by molar-refractivity contribution is -0.117. The van der Waals surface area contributed by atoms with Gasteiger partial charge >= 0.3 is 0 Å². The van der Waals surface area contributed by atoms with Crippen molar-refractivity contribution in [1.82, 2.24) is 0 Å². The minimum atomic E-state index is -1.22. The molecule has 174 valence electrons. The Labute approximate surface area is 196 Å². The van der Waals surface area contributed by atoms with Crippen LogP contribution in [0.15, 0.2) is 81.0 Å². The van der Waals surface area contributed by atoms with Crippen molar-refractivity contribution in [1.29, 1.82) is 5.41 Å². The summed E-state index contributed by atoms with van der Waals surface area (Å²) >= 11 is 0. The van der Waals surface area contributed by atoms with Crippen LogP contribution in [0.25, 0.3) is 0 Å². The van der Waals surface area contributed by atoms with Crippen molar-refractivity contribution in [2.24, 2.45) is 32.2 Å². The standard InChI is InChI=1S/C24H26N8O2/c25-20(26)17(13-29-15-9-6-10-15)21(27)34-24(28)32-22-23(33)30-18-12-5-4-11-16(18)19(31-22)14-7-2-1-3-8-14/h1-5,7-8,11-13,15,22H,6,9-10,27H2,(H3,25,26)(H2,28,32)(H,30,33). The number of amides is 1. The summed E-state index contributed by atoms with van der Waals surface area (Å²) < 4.78 is 5.39. The summed E-state index contributed by atoms with van der Waals surface area (Å²) in [4.78, 5) is 26.0. The number of hydrogen-bond donors (Lipinski definition) is 5. The third-order valence-electron chi connectivity index (χ3n) is 5.48. The van der Waals surface area contributed by atoms with Gasteiger partial charge in [-0.3, -0.25) is 15.2 Å². The van der Waals surface area contributed by atoms with E-state index in [1.807, 2.05) is 48.5 Å². The summed E-state index contributed by atoms with van der Waals surface area (Å²) in [6.45, 7) is 0. The Morgan fingerprint density at radius 2 is 1.79 bits per heavy atom. The molecule has 0 saturated heterocycles. The number of ether oxygens (including phenoxy) is 1. The van der Waals surface area contributed by atoms with Gasteiger partial charge in [0.15, 0.2) is 0 Å². The number of hydrogen-bond acceptors (Lipinski definition) is 7. The van der Waals surface area contributed by atoms with Crippen LogP contribution >= 0.6 is 0 Å². The second-order valence-electron chi connectivity index (χ2n) is 7.88. The highest BCUT2D eigenvalue weighted by Crippen LogP contribution is 2.24. The number of benzodiazepines with no additional fused rings is 1. The summed E-state index contributed by atoms with van der Waals surface area (Å²) in [5.41, 5.74) is 20.4. The van der Waals surface area contributed by atoms with Gasteiger partial charge in [-0.05, 0) is 25.3 Å². The van der Waals surface area contributed by atoms with Crippen molar-refractivity contribution in [2.45, 2.75) is 31.5 Å². The Bertz CT molecular complexity index is 1210. The molecular weight excluding hydrogens is 432 g/mol. The summed E-state index contributed by atoms with van der Waals surface area (Å²) in [7, 11) is 0. The molecule has 1 heterocycles. The van der Waals surface area contributed by atoms with Gasteiger partial charge < -0.3 is 27.3 Å². The lowest BCUT2D eigenvalue weighted by Crippen LogP contribution is -2.30. The van der Waals surface area contributed by atoms with E-state index < -0.39 is 18.1 Å². The molecule has 1 fully saturated rings. The fourth-order valence-electron chi connectivity index (χ4n) is 3.46. The third kappa shape index (κ3) is 5.12. The number of nitrogens with two attached hydrogens (primary N) is 3. The van der Waals surface area contributed by atoms with Gasteiger partial charge in [0.2, 0.25) is 12.0 Å². The second kappa shape index (κ2) is 9.99. The molecule has 1 atom stereocenters. The van der Waals surface area contributed by atoms with E-state index in [0.717, 1.165) is 30.4 Å².